The Hall–Kier alpha value is -0.810. The van der Waals surface area contributed by atoms with Gasteiger partial charge in [-0.3, -0.25) is 0 Å². The molecule has 0 N–H and O–H groups in total. The third-order valence-electron chi connectivity index (χ3n) is 2.98. The van der Waals surface area contributed by atoms with Gasteiger partial charge in [-0.25, -0.2) is 8.42 Å². The summed E-state index contributed by atoms with van der Waals surface area (Å²) in [5.74, 6) is 1.12. The van der Waals surface area contributed by atoms with E-state index in [4.69, 9.17) is 4.42 Å². The van der Waals surface area contributed by atoms with E-state index in [1.165, 1.54) is 0 Å². The second kappa shape index (κ2) is 4.82. The minimum Gasteiger partial charge on any atom is -0.468 e. The van der Waals surface area contributed by atoms with E-state index in [0.29, 0.717) is 6.54 Å². The lowest BCUT2D eigenvalue weighted by molar-refractivity contribution is 0.338. The molecule has 0 amide bonds. The molecule has 0 aromatic carbocycles. The Balaban J connectivity index is 2.20. The lowest BCUT2D eigenvalue weighted by Gasteiger charge is -2.23. The van der Waals surface area contributed by atoms with Crippen molar-refractivity contribution in [1.82, 2.24) is 4.31 Å². The van der Waals surface area contributed by atoms with Crippen LogP contribution in [0, 0.1) is 5.92 Å². The summed E-state index contributed by atoms with van der Waals surface area (Å²) in [5, 5.41) is 0. The van der Waals surface area contributed by atoms with Gasteiger partial charge >= 0.3 is 0 Å². The van der Waals surface area contributed by atoms with Crippen molar-refractivity contribution < 1.29 is 12.8 Å². The second-order valence-electron chi connectivity index (χ2n) is 4.96. The highest BCUT2D eigenvalue weighted by atomic mass is 32.2. The Morgan fingerprint density at radius 1 is 1.53 bits per heavy atom. The summed E-state index contributed by atoms with van der Waals surface area (Å²) in [7, 11) is -3.16. The first-order valence-electron chi connectivity index (χ1n) is 6.03. The molecular weight excluding hydrogens is 238 g/mol. The fourth-order valence-corrected chi connectivity index (χ4v) is 4.39. The molecule has 1 aliphatic heterocycles. The molecule has 1 atom stereocenters. The molecule has 1 fully saturated rings. The van der Waals surface area contributed by atoms with Crippen molar-refractivity contribution in [2.75, 3.05) is 12.3 Å². The molecule has 0 unspecified atom stereocenters. The van der Waals surface area contributed by atoms with Crippen LogP contribution in [0.25, 0.3) is 0 Å². The standard InChI is InChI=1S/C12H19NO3S/c1-10(2)9-17(14,15)13-7-3-5-11(13)12-6-4-8-16-12/h4,6,8,10-11H,3,5,7,9H2,1-2H3/t11-/m0/s1. The van der Waals surface area contributed by atoms with E-state index in [-0.39, 0.29) is 17.7 Å². The molecule has 0 radical (unpaired) electrons. The van der Waals surface area contributed by atoms with Crippen LogP contribution in [0.15, 0.2) is 22.8 Å². The minimum atomic E-state index is -3.16. The molecule has 4 nitrogen and oxygen atoms in total. The molecule has 2 rings (SSSR count). The minimum absolute atomic E-state index is 0.103. The number of hydrogen-bond acceptors (Lipinski definition) is 3. The van der Waals surface area contributed by atoms with Crippen LogP contribution >= 0.6 is 0 Å². The third-order valence-corrected chi connectivity index (χ3v) is 5.22. The van der Waals surface area contributed by atoms with Crippen molar-refractivity contribution in [2.24, 2.45) is 5.92 Å². The van der Waals surface area contributed by atoms with Crippen molar-refractivity contribution in [3.63, 3.8) is 0 Å². The van der Waals surface area contributed by atoms with E-state index in [0.717, 1.165) is 18.6 Å². The number of rotatable bonds is 4. The summed E-state index contributed by atoms with van der Waals surface area (Å²) >= 11 is 0. The molecule has 1 aliphatic rings. The van der Waals surface area contributed by atoms with Gasteiger partial charge in [0, 0.05) is 6.54 Å². The normalized spacial score (nSPS) is 22.4. The molecule has 0 saturated carbocycles. The van der Waals surface area contributed by atoms with E-state index in [1.807, 2.05) is 19.9 Å². The van der Waals surface area contributed by atoms with Crippen LogP contribution in [0.3, 0.4) is 0 Å². The van der Waals surface area contributed by atoms with E-state index < -0.39 is 10.0 Å². The molecule has 0 bridgehead atoms. The molecule has 0 spiro atoms. The van der Waals surface area contributed by atoms with Crippen molar-refractivity contribution in [3.05, 3.63) is 24.2 Å². The Kier molecular flexibility index (Phi) is 3.58. The number of nitrogens with zero attached hydrogens (tertiary/aromatic N) is 1. The predicted octanol–water partition coefficient (Wildman–Crippen LogP) is 2.40. The average molecular weight is 257 g/mol. The Morgan fingerprint density at radius 3 is 2.88 bits per heavy atom. The van der Waals surface area contributed by atoms with Crippen molar-refractivity contribution >= 4 is 10.0 Å². The summed E-state index contributed by atoms with van der Waals surface area (Å²) < 4.78 is 31.4. The van der Waals surface area contributed by atoms with Gasteiger partial charge in [0.25, 0.3) is 0 Å². The quantitative estimate of drug-likeness (QED) is 0.832. The van der Waals surface area contributed by atoms with Gasteiger partial charge in [0.05, 0.1) is 18.1 Å². The van der Waals surface area contributed by atoms with E-state index in [9.17, 15) is 8.42 Å². The van der Waals surface area contributed by atoms with E-state index >= 15 is 0 Å². The van der Waals surface area contributed by atoms with Crippen LogP contribution in [0.2, 0.25) is 0 Å². The molecule has 96 valence electrons. The molecule has 0 aliphatic carbocycles. The summed E-state index contributed by atoms with van der Waals surface area (Å²) in [6.07, 6.45) is 3.36. The first kappa shape index (κ1) is 12.6. The van der Waals surface area contributed by atoms with Crippen LogP contribution in [-0.4, -0.2) is 25.0 Å². The lowest BCUT2D eigenvalue weighted by Crippen LogP contribution is -2.33. The van der Waals surface area contributed by atoms with Crippen LogP contribution in [0.4, 0.5) is 0 Å². The third kappa shape index (κ3) is 2.72. The van der Waals surface area contributed by atoms with E-state index in [1.54, 1.807) is 16.6 Å². The van der Waals surface area contributed by atoms with Crippen LogP contribution in [0.1, 0.15) is 38.5 Å². The highest BCUT2D eigenvalue weighted by Crippen LogP contribution is 2.34. The fourth-order valence-electron chi connectivity index (χ4n) is 2.36. The first-order chi connectivity index (χ1) is 8.00. The maximum absolute atomic E-state index is 12.2. The van der Waals surface area contributed by atoms with Crippen LogP contribution in [0.5, 0.6) is 0 Å². The van der Waals surface area contributed by atoms with Gasteiger partial charge in [-0.15, -0.1) is 0 Å². The second-order valence-corrected chi connectivity index (χ2v) is 6.92. The largest absolute Gasteiger partial charge is 0.468 e. The summed E-state index contributed by atoms with van der Waals surface area (Å²) in [5.41, 5.74) is 0. The number of furan rings is 1. The van der Waals surface area contributed by atoms with Crippen molar-refractivity contribution in [1.29, 1.82) is 0 Å². The smallest absolute Gasteiger partial charge is 0.215 e. The first-order valence-corrected chi connectivity index (χ1v) is 7.64. The molecule has 17 heavy (non-hydrogen) atoms. The van der Waals surface area contributed by atoms with Crippen LogP contribution in [-0.2, 0) is 10.0 Å². The highest BCUT2D eigenvalue weighted by molar-refractivity contribution is 7.89. The van der Waals surface area contributed by atoms with Gasteiger partial charge in [-0.05, 0) is 30.9 Å². The molecule has 5 heteroatoms. The molecule has 2 heterocycles. The molecule has 1 aromatic rings. The SMILES string of the molecule is CC(C)CS(=O)(=O)N1CCC[C@H]1c1ccco1. The maximum Gasteiger partial charge on any atom is 0.215 e. The summed E-state index contributed by atoms with van der Waals surface area (Å²) in [4.78, 5) is 0. The van der Waals surface area contributed by atoms with Gasteiger partial charge in [0.1, 0.15) is 5.76 Å². The topological polar surface area (TPSA) is 50.5 Å². The zero-order chi connectivity index (χ0) is 12.5. The highest BCUT2D eigenvalue weighted by Gasteiger charge is 2.36. The van der Waals surface area contributed by atoms with Crippen molar-refractivity contribution in [3.8, 4) is 0 Å². The molecule has 1 aromatic heterocycles. The Labute approximate surface area is 103 Å². The van der Waals surface area contributed by atoms with Gasteiger partial charge in [-0.2, -0.15) is 4.31 Å². The van der Waals surface area contributed by atoms with Gasteiger partial charge in [0.2, 0.25) is 10.0 Å². The zero-order valence-electron chi connectivity index (χ0n) is 10.3. The number of hydrogen-bond donors (Lipinski definition) is 0. The lowest BCUT2D eigenvalue weighted by atomic mass is 10.2. The fraction of sp³-hybridized carbons (Fsp3) is 0.667. The van der Waals surface area contributed by atoms with Gasteiger partial charge in [-0.1, -0.05) is 13.8 Å². The van der Waals surface area contributed by atoms with Crippen LogP contribution < -0.4 is 0 Å². The monoisotopic (exact) mass is 257 g/mol. The number of sulfonamides is 1. The maximum atomic E-state index is 12.2. The van der Waals surface area contributed by atoms with Gasteiger partial charge in [0.15, 0.2) is 0 Å². The summed E-state index contributed by atoms with van der Waals surface area (Å²) in [6.45, 7) is 4.46. The Morgan fingerprint density at radius 2 is 2.29 bits per heavy atom. The average Bonchev–Trinajstić information content (AvgIpc) is 2.86. The molecule has 1 saturated heterocycles. The van der Waals surface area contributed by atoms with Crippen molar-refractivity contribution in [2.45, 2.75) is 32.7 Å². The predicted molar refractivity (Wildman–Crippen MR) is 66.0 cm³/mol. The zero-order valence-corrected chi connectivity index (χ0v) is 11.1. The summed E-state index contributed by atoms with van der Waals surface area (Å²) in [6, 6.07) is 3.56. The Bertz CT molecular complexity index is 450. The van der Waals surface area contributed by atoms with E-state index in [2.05, 4.69) is 0 Å². The van der Waals surface area contributed by atoms with Gasteiger partial charge < -0.3 is 4.42 Å². The molecular formula is C12H19NO3S.